The molecule has 3 rings (SSSR count). The molecule has 24 heavy (non-hydrogen) atoms. The van der Waals surface area contributed by atoms with E-state index < -0.39 is 12.2 Å². The molecule has 1 amide bonds. The Morgan fingerprint density at radius 3 is 2.58 bits per heavy atom. The highest BCUT2D eigenvalue weighted by atomic mass is 79.9. The van der Waals surface area contributed by atoms with Crippen LogP contribution in [0.4, 0.5) is 4.79 Å². The van der Waals surface area contributed by atoms with Gasteiger partial charge in [-0.05, 0) is 16.8 Å². The Morgan fingerprint density at radius 1 is 1.08 bits per heavy atom. The summed E-state index contributed by atoms with van der Waals surface area (Å²) in [7, 11) is 3.33. The van der Waals surface area contributed by atoms with Gasteiger partial charge in [0, 0.05) is 42.1 Å². The molecule has 0 bridgehead atoms. The quantitative estimate of drug-likeness (QED) is 0.652. The number of carbonyl (C=O) groups excluding carboxylic acids is 1. The van der Waals surface area contributed by atoms with Crippen LogP contribution in [0.1, 0.15) is 17.2 Å². The van der Waals surface area contributed by atoms with Gasteiger partial charge in [0.25, 0.3) is 0 Å². The number of benzene rings is 2. The predicted octanol–water partition coefficient (Wildman–Crippen LogP) is 4.78. The van der Waals surface area contributed by atoms with Gasteiger partial charge in [0.15, 0.2) is 6.10 Å². The SMILES string of the molecule is CN(C)C(=O)OC(c1cnccc1Br)c1cccc2ccccc12. The number of aromatic nitrogens is 1. The zero-order valence-corrected chi connectivity index (χ0v) is 15.0. The van der Waals surface area contributed by atoms with Crippen LogP contribution in [0.15, 0.2) is 65.4 Å². The number of halogens is 1. The summed E-state index contributed by atoms with van der Waals surface area (Å²) in [5.41, 5.74) is 1.74. The standard InChI is InChI=1S/C19H17BrN2O2/c1-22(2)19(23)24-18(16-12-21-11-10-17(16)20)15-9-5-7-13-6-3-4-8-14(13)15/h3-12,18H,1-2H3. The van der Waals surface area contributed by atoms with Crippen molar-refractivity contribution in [1.82, 2.24) is 9.88 Å². The molecule has 1 unspecified atom stereocenters. The summed E-state index contributed by atoms with van der Waals surface area (Å²) in [6, 6.07) is 15.9. The molecule has 0 aliphatic heterocycles. The van der Waals surface area contributed by atoms with Crippen LogP contribution >= 0.6 is 15.9 Å². The van der Waals surface area contributed by atoms with E-state index in [-0.39, 0.29) is 0 Å². The van der Waals surface area contributed by atoms with Crippen molar-refractivity contribution in [3.05, 3.63) is 76.5 Å². The second-order valence-corrected chi connectivity index (χ2v) is 6.48. The molecule has 0 aliphatic rings. The Labute approximate surface area is 149 Å². The number of hydrogen-bond acceptors (Lipinski definition) is 3. The number of ether oxygens (including phenoxy) is 1. The molecule has 0 radical (unpaired) electrons. The molecule has 0 fully saturated rings. The fraction of sp³-hybridized carbons (Fsp3) is 0.158. The highest BCUT2D eigenvalue weighted by Crippen LogP contribution is 2.35. The first-order valence-corrected chi connectivity index (χ1v) is 8.32. The molecule has 2 aromatic carbocycles. The van der Waals surface area contributed by atoms with Gasteiger partial charge in [-0.3, -0.25) is 4.98 Å². The second kappa shape index (κ2) is 7.01. The maximum atomic E-state index is 12.2. The summed E-state index contributed by atoms with van der Waals surface area (Å²) in [5, 5.41) is 2.15. The van der Waals surface area contributed by atoms with Crippen LogP contribution in [0.3, 0.4) is 0 Å². The number of pyridine rings is 1. The summed E-state index contributed by atoms with van der Waals surface area (Å²) >= 11 is 3.54. The van der Waals surface area contributed by atoms with E-state index >= 15 is 0 Å². The average Bonchev–Trinajstić information content (AvgIpc) is 2.60. The minimum atomic E-state index is -0.547. The third-order valence-corrected chi connectivity index (χ3v) is 4.49. The van der Waals surface area contributed by atoms with Crippen molar-refractivity contribution in [1.29, 1.82) is 0 Å². The summed E-state index contributed by atoms with van der Waals surface area (Å²) in [6.07, 6.45) is 2.47. The third-order valence-electron chi connectivity index (χ3n) is 3.77. The molecule has 1 heterocycles. The lowest BCUT2D eigenvalue weighted by atomic mass is 9.96. The fourth-order valence-electron chi connectivity index (χ4n) is 2.56. The van der Waals surface area contributed by atoms with Crippen molar-refractivity contribution in [2.45, 2.75) is 6.10 Å². The molecule has 1 aromatic heterocycles. The molecule has 0 aliphatic carbocycles. The van der Waals surface area contributed by atoms with Crippen molar-refractivity contribution in [2.75, 3.05) is 14.1 Å². The fourth-order valence-corrected chi connectivity index (χ4v) is 2.99. The van der Waals surface area contributed by atoms with Gasteiger partial charge >= 0.3 is 6.09 Å². The van der Waals surface area contributed by atoms with Gasteiger partial charge in [0.1, 0.15) is 0 Å². The maximum Gasteiger partial charge on any atom is 0.410 e. The van der Waals surface area contributed by atoms with Crippen molar-refractivity contribution >= 4 is 32.8 Å². The second-order valence-electron chi connectivity index (χ2n) is 5.62. The van der Waals surface area contributed by atoms with Crippen LogP contribution in [0.2, 0.25) is 0 Å². The summed E-state index contributed by atoms with van der Waals surface area (Å²) < 4.78 is 6.64. The van der Waals surface area contributed by atoms with E-state index in [1.54, 1.807) is 26.5 Å². The highest BCUT2D eigenvalue weighted by Gasteiger charge is 2.24. The van der Waals surface area contributed by atoms with Crippen LogP contribution in [0.25, 0.3) is 10.8 Å². The normalized spacial score (nSPS) is 12.0. The van der Waals surface area contributed by atoms with Crippen molar-refractivity contribution in [2.24, 2.45) is 0 Å². The topological polar surface area (TPSA) is 42.4 Å². The van der Waals surface area contributed by atoms with E-state index in [1.165, 1.54) is 4.90 Å². The van der Waals surface area contributed by atoms with Gasteiger partial charge in [-0.2, -0.15) is 0 Å². The van der Waals surface area contributed by atoms with Gasteiger partial charge in [-0.25, -0.2) is 4.79 Å². The number of carbonyl (C=O) groups is 1. The minimum Gasteiger partial charge on any atom is -0.436 e. The predicted molar refractivity (Wildman–Crippen MR) is 97.9 cm³/mol. The van der Waals surface area contributed by atoms with Crippen LogP contribution in [-0.4, -0.2) is 30.1 Å². The Balaban J connectivity index is 2.17. The molecule has 0 saturated carbocycles. The lowest BCUT2D eigenvalue weighted by Gasteiger charge is -2.23. The van der Waals surface area contributed by atoms with Crippen molar-refractivity contribution < 1.29 is 9.53 Å². The maximum absolute atomic E-state index is 12.2. The first-order valence-electron chi connectivity index (χ1n) is 7.53. The molecule has 0 spiro atoms. The third kappa shape index (κ3) is 3.26. The molecule has 3 aromatic rings. The molecule has 122 valence electrons. The summed E-state index contributed by atoms with van der Waals surface area (Å²) in [6.45, 7) is 0. The lowest BCUT2D eigenvalue weighted by molar-refractivity contribution is 0.0911. The largest absolute Gasteiger partial charge is 0.436 e. The molecular formula is C19H17BrN2O2. The Hall–Kier alpha value is -2.40. The Bertz CT molecular complexity index is 875. The van der Waals surface area contributed by atoms with Crippen LogP contribution < -0.4 is 0 Å². The number of fused-ring (bicyclic) bond motifs is 1. The van der Waals surface area contributed by atoms with Gasteiger partial charge in [0.2, 0.25) is 0 Å². The van der Waals surface area contributed by atoms with Crippen LogP contribution in [-0.2, 0) is 4.74 Å². The summed E-state index contributed by atoms with van der Waals surface area (Å²) in [5.74, 6) is 0. The molecule has 4 nitrogen and oxygen atoms in total. The lowest BCUT2D eigenvalue weighted by Crippen LogP contribution is -2.25. The molecule has 5 heteroatoms. The number of rotatable bonds is 3. The van der Waals surface area contributed by atoms with Gasteiger partial charge < -0.3 is 9.64 Å². The molecule has 0 N–H and O–H groups in total. The monoisotopic (exact) mass is 384 g/mol. The highest BCUT2D eigenvalue weighted by molar-refractivity contribution is 9.10. The first kappa shape index (κ1) is 16.5. The van der Waals surface area contributed by atoms with Gasteiger partial charge in [-0.15, -0.1) is 0 Å². The van der Waals surface area contributed by atoms with Gasteiger partial charge in [-0.1, -0.05) is 58.4 Å². The summed E-state index contributed by atoms with van der Waals surface area (Å²) in [4.78, 5) is 17.8. The minimum absolute atomic E-state index is 0.399. The smallest absolute Gasteiger partial charge is 0.410 e. The zero-order valence-electron chi connectivity index (χ0n) is 13.4. The van der Waals surface area contributed by atoms with Crippen molar-refractivity contribution in [3.8, 4) is 0 Å². The van der Waals surface area contributed by atoms with Crippen LogP contribution in [0, 0.1) is 0 Å². The first-order chi connectivity index (χ1) is 11.6. The van der Waals surface area contributed by atoms with E-state index in [9.17, 15) is 4.79 Å². The van der Waals surface area contributed by atoms with E-state index in [0.29, 0.717) is 0 Å². The zero-order chi connectivity index (χ0) is 17.1. The van der Waals surface area contributed by atoms with Crippen LogP contribution in [0.5, 0.6) is 0 Å². The number of nitrogens with zero attached hydrogens (tertiary/aromatic N) is 2. The Morgan fingerprint density at radius 2 is 1.83 bits per heavy atom. The van der Waals surface area contributed by atoms with Crippen molar-refractivity contribution in [3.63, 3.8) is 0 Å². The van der Waals surface area contributed by atoms with E-state index in [1.807, 2.05) is 48.5 Å². The molecular weight excluding hydrogens is 368 g/mol. The molecule has 1 atom stereocenters. The molecule has 0 saturated heterocycles. The van der Waals surface area contributed by atoms with Gasteiger partial charge in [0.05, 0.1) is 0 Å². The number of hydrogen-bond donors (Lipinski definition) is 0. The number of amides is 1. The van der Waals surface area contributed by atoms with E-state index in [0.717, 1.165) is 26.4 Å². The van der Waals surface area contributed by atoms with E-state index in [2.05, 4.69) is 20.9 Å². The average molecular weight is 385 g/mol. The Kier molecular flexibility index (Phi) is 4.81. The van der Waals surface area contributed by atoms with E-state index in [4.69, 9.17) is 4.74 Å².